The highest BCUT2D eigenvalue weighted by atomic mass is 16.6. The van der Waals surface area contributed by atoms with Crippen LogP contribution in [0.5, 0.6) is 0 Å². The maximum absolute atomic E-state index is 13.0. The van der Waals surface area contributed by atoms with Crippen molar-refractivity contribution >= 4 is 6.09 Å². The number of carbonyl (C=O) groups is 1. The predicted molar refractivity (Wildman–Crippen MR) is 96.4 cm³/mol. The van der Waals surface area contributed by atoms with E-state index in [1.807, 2.05) is 27.7 Å². The van der Waals surface area contributed by atoms with Gasteiger partial charge in [-0.15, -0.1) is 0 Å². The van der Waals surface area contributed by atoms with E-state index >= 15 is 0 Å². The zero-order valence-corrected chi connectivity index (χ0v) is 16.0. The number of fused-ring (bicyclic) bond motifs is 3. The third kappa shape index (κ3) is 2.41. The van der Waals surface area contributed by atoms with Gasteiger partial charge in [-0.3, -0.25) is 4.90 Å². The van der Waals surface area contributed by atoms with Crippen molar-refractivity contribution in [3.8, 4) is 0 Å². The van der Waals surface area contributed by atoms with Crippen LogP contribution in [0.1, 0.15) is 58.6 Å². The first-order chi connectivity index (χ1) is 11.7. The van der Waals surface area contributed by atoms with E-state index in [4.69, 9.17) is 9.47 Å². The Morgan fingerprint density at radius 1 is 1.20 bits per heavy atom. The first-order valence-electron chi connectivity index (χ1n) is 9.38. The van der Waals surface area contributed by atoms with Crippen LogP contribution in [-0.4, -0.2) is 35.0 Å². The number of ether oxygens (including phenoxy) is 2. The van der Waals surface area contributed by atoms with E-state index in [1.165, 1.54) is 11.1 Å². The minimum Gasteiger partial charge on any atom is -0.446 e. The molecule has 1 aromatic carbocycles. The van der Waals surface area contributed by atoms with Crippen LogP contribution in [0.4, 0.5) is 4.79 Å². The Morgan fingerprint density at radius 2 is 1.92 bits per heavy atom. The van der Waals surface area contributed by atoms with E-state index in [0.717, 1.165) is 19.3 Å². The number of carbonyl (C=O) groups excluding carboxylic acids is 1. The summed E-state index contributed by atoms with van der Waals surface area (Å²) in [4.78, 5) is 14.8. The van der Waals surface area contributed by atoms with Gasteiger partial charge in [0.1, 0.15) is 11.8 Å². The standard InChI is InChI=1S/C21H29NO3/c1-19(2)13-24-20(3,4)22(19)18(23)25-17-10-11-21(5)15-9-7-6-8-14(15)12-16(17)21/h6-9,16-17H,10-13H2,1-5H3/t16-,17+,21-/m0/s1. The molecule has 4 nitrogen and oxygen atoms in total. The molecule has 2 fully saturated rings. The smallest absolute Gasteiger partial charge is 0.412 e. The second-order valence-electron chi connectivity index (χ2n) is 9.23. The average molecular weight is 343 g/mol. The van der Waals surface area contributed by atoms with Gasteiger partial charge in [-0.05, 0) is 63.5 Å². The van der Waals surface area contributed by atoms with E-state index < -0.39 is 5.72 Å². The summed E-state index contributed by atoms with van der Waals surface area (Å²) in [6.07, 6.45) is 2.77. The highest BCUT2D eigenvalue weighted by Gasteiger charge is 2.55. The molecular formula is C21H29NO3. The Morgan fingerprint density at radius 3 is 2.60 bits per heavy atom. The van der Waals surface area contributed by atoms with E-state index in [-0.39, 0.29) is 23.2 Å². The monoisotopic (exact) mass is 343 g/mol. The fourth-order valence-electron chi connectivity index (χ4n) is 5.42. The molecule has 0 unspecified atom stereocenters. The normalized spacial score (nSPS) is 34.7. The molecule has 0 N–H and O–H groups in total. The molecule has 1 heterocycles. The molecule has 4 heteroatoms. The van der Waals surface area contributed by atoms with Gasteiger partial charge in [0.25, 0.3) is 0 Å². The van der Waals surface area contributed by atoms with Gasteiger partial charge in [0.15, 0.2) is 0 Å². The van der Waals surface area contributed by atoms with Crippen LogP contribution in [0.25, 0.3) is 0 Å². The molecule has 3 aliphatic rings. The molecule has 1 aromatic rings. The highest BCUT2D eigenvalue weighted by molar-refractivity contribution is 5.70. The summed E-state index contributed by atoms with van der Waals surface area (Å²) in [5, 5.41) is 0. The Bertz CT molecular complexity index is 695. The van der Waals surface area contributed by atoms with Gasteiger partial charge < -0.3 is 9.47 Å². The first kappa shape index (κ1) is 16.9. The Labute approximate surface area is 150 Å². The molecule has 1 aliphatic heterocycles. The van der Waals surface area contributed by atoms with Gasteiger partial charge in [-0.25, -0.2) is 4.79 Å². The topological polar surface area (TPSA) is 38.8 Å². The number of hydrogen-bond donors (Lipinski definition) is 0. The van der Waals surface area contributed by atoms with Gasteiger partial charge in [0.2, 0.25) is 0 Å². The lowest BCUT2D eigenvalue weighted by molar-refractivity contribution is -0.0618. The van der Waals surface area contributed by atoms with E-state index in [0.29, 0.717) is 12.5 Å². The summed E-state index contributed by atoms with van der Waals surface area (Å²) >= 11 is 0. The number of rotatable bonds is 1. The van der Waals surface area contributed by atoms with Crippen LogP contribution in [0, 0.1) is 5.92 Å². The largest absolute Gasteiger partial charge is 0.446 e. The molecule has 0 bridgehead atoms. The third-order valence-corrected chi connectivity index (χ3v) is 6.65. The van der Waals surface area contributed by atoms with Crippen molar-refractivity contribution in [2.75, 3.05) is 6.61 Å². The fourth-order valence-corrected chi connectivity index (χ4v) is 5.42. The third-order valence-electron chi connectivity index (χ3n) is 6.65. The Hall–Kier alpha value is -1.55. The molecule has 0 radical (unpaired) electrons. The molecule has 25 heavy (non-hydrogen) atoms. The van der Waals surface area contributed by atoms with Crippen molar-refractivity contribution in [1.29, 1.82) is 0 Å². The van der Waals surface area contributed by atoms with E-state index in [9.17, 15) is 4.79 Å². The second kappa shape index (κ2) is 5.23. The lowest BCUT2D eigenvalue weighted by atomic mass is 9.79. The van der Waals surface area contributed by atoms with Crippen LogP contribution in [-0.2, 0) is 21.3 Å². The number of nitrogens with zero attached hydrogens (tertiary/aromatic N) is 1. The van der Waals surface area contributed by atoms with Crippen LogP contribution < -0.4 is 0 Å². The van der Waals surface area contributed by atoms with Gasteiger partial charge in [0, 0.05) is 5.92 Å². The Kier molecular flexibility index (Phi) is 3.53. The maximum Gasteiger partial charge on any atom is 0.412 e. The van der Waals surface area contributed by atoms with Gasteiger partial charge in [-0.1, -0.05) is 31.2 Å². The van der Waals surface area contributed by atoms with Gasteiger partial charge in [-0.2, -0.15) is 0 Å². The average Bonchev–Trinajstić information content (AvgIpc) is 3.07. The Balaban J connectivity index is 1.55. The summed E-state index contributed by atoms with van der Waals surface area (Å²) in [5.74, 6) is 0.378. The zero-order chi connectivity index (χ0) is 18.0. The molecule has 0 spiro atoms. The second-order valence-corrected chi connectivity index (χ2v) is 9.23. The SMILES string of the molecule is CC1(C)COC(C)(C)N1C(=O)O[C@@H]1CC[C@@]2(C)c3ccccc3C[C@@H]12. The van der Waals surface area contributed by atoms with Crippen LogP contribution >= 0.6 is 0 Å². The van der Waals surface area contributed by atoms with Crippen LogP contribution in [0.15, 0.2) is 24.3 Å². The van der Waals surface area contributed by atoms with Crippen molar-refractivity contribution in [3.05, 3.63) is 35.4 Å². The van der Waals surface area contributed by atoms with Crippen molar-refractivity contribution in [2.45, 2.75) is 76.7 Å². The van der Waals surface area contributed by atoms with E-state index in [2.05, 4.69) is 31.2 Å². The maximum atomic E-state index is 13.0. The molecule has 1 saturated heterocycles. The summed E-state index contributed by atoms with van der Waals surface area (Å²) in [6, 6.07) is 8.70. The molecule has 1 saturated carbocycles. The molecule has 136 valence electrons. The van der Waals surface area contributed by atoms with E-state index in [1.54, 1.807) is 4.90 Å². The molecular weight excluding hydrogens is 314 g/mol. The van der Waals surface area contributed by atoms with Gasteiger partial charge in [0.05, 0.1) is 12.1 Å². The number of benzene rings is 1. The minimum absolute atomic E-state index is 0.0166. The summed E-state index contributed by atoms with van der Waals surface area (Å²) < 4.78 is 11.9. The van der Waals surface area contributed by atoms with Crippen molar-refractivity contribution in [2.24, 2.45) is 5.92 Å². The van der Waals surface area contributed by atoms with Crippen molar-refractivity contribution in [3.63, 3.8) is 0 Å². The summed E-state index contributed by atoms with van der Waals surface area (Å²) in [7, 11) is 0. The quantitative estimate of drug-likeness (QED) is 0.765. The molecule has 4 rings (SSSR count). The lowest BCUT2D eigenvalue weighted by Gasteiger charge is -2.38. The molecule has 3 atom stereocenters. The molecule has 0 aromatic heterocycles. The van der Waals surface area contributed by atoms with Crippen LogP contribution in [0.2, 0.25) is 0 Å². The number of hydrogen-bond acceptors (Lipinski definition) is 3. The summed E-state index contributed by atoms with van der Waals surface area (Å²) in [6.45, 7) is 10.8. The summed E-state index contributed by atoms with van der Waals surface area (Å²) in [5.41, 5.74) is 2.03. The van der Waals surface area contributed by atoms with Crippen molar-refractivity contribution in [1.82, 2.24) is 4.90 Å². The minimum atomic E-state index is -0.624. The molecule has 2 aliphatic carbocycles. The zero-order valence-electron chi connectivity index (χ0n) is 16.0. The van der Waals surface area contributed by atoms with Crippen molar-refractivity contribution < 1.29 is 14.3 Å². The fraction of sp³-hybridized carbons (Fsp3) is 0.667. The van der Waals surface area contributed by atoms with Gasteiger partial charge >= 0.3 is 6.09 Å². The van der Waals surface area contributed by atoms with Crippen LogP contribution in [0.3, 0.4) is 0 Å². The molecule has 1 amide bonds. The first-order valence-corrected chi connectivity index (χ1v) is 9.38. The predicted octanol–water partition coefficient (Wildman–Crippen LogP) is 4.26. The number of amides is 1. The highest BCUT2D eigenvalue weighted by Crippen LogP contribution is 2.54. The lowest BCUT2D eigenvalue weighted by Crippen LogP contribution is -2.53.